The Morgan fingerprint density at radius 3 is 2.70 bits per heavy atom. The summed E-state index contributed by atoms with van der Waals surface area (Å²) in [6.07, 6.45) is 0.248. The predicted molar refractivity (Wildman–Crippen MR) is 76.3 cm³/mol. The fraction of sp³-hybridized carbons (Fsp3) is 0.467. The molecule has 1 amide bonds. The number of esters is 1. The van der Waals surface area contributed by atoms with Crippen molar-refractivity contribution in [3.63, 3.8) is 0 Å². The zero-order chi connectivity index (χ0) is 14.9. The summed E-state index contributed by atoms with van der Waals surface area (Å²) in [4.78, 5) is 23.8. The molecule has 0 bridgehead atoms. The van der Waals surface area contributed by atoms with Crippen molar-refractivity contribution in [2.24, 2.45) is 5.73 Å². The smallest absolute Gasteiger partial charge is 0.323 e. The minimum absolute atomic E-state index is 0.120. The monoisotopic (exact) mass is 276 g/mol. The highest BCUT2D eigenvalue weighted by Gasteiger charge is 2.34. The number of carbonyl (C=O) groups is 2. The molecule has 108 valence electrons. The van der Waals surface area contributed by atoms with Crippen molar-refractivity contribution in [1.82, 2.24) is 0 Å². The number of amides is 1. The van der Waals surface area contributed by atoms with E-state index in [2.05, 4.69) is 5.32 Å². The highest BCUT2D eigenvalue weighted by molar-refractivity contribution is 6.03. The van der Waals surface area contributed by atoms with Gasteiger partial charge in [0.1, 0.15) is 11.6 Å². The molecule has 1 unspecified atom stereocenters. The highest BCUT2D eigenvalue weighted by atomic mass is 16.6. The van der Waals surface area contributed by atoms with Gasteiger partial charge >= 0.3 is 5.97 Å². The zero-order valence-electron chi connectivity index (χ0n) is 12.0. The Balaban J connectivity index is 2.07. The van der Waals surface area contributed by atoms with Gasteiger partial charge in [-0.25, -0.2) is 0 Å². The lowest BCUT2D eigenvalue weighted by atomic mass is 9.93. The first-order valence-corrected chi connectivity index (χ1v) is 6.66. The third-order valence-electron chi connectivity index (χ3n) is 3.11. The van der Waals surface area contributed by atoms with Gasteiger partial charge in [0.05, 0.1) is 5.92 Å². The maximum Gasteiger partial charge on any atom is 0.323 e. The van der Waals surface area contributed by atoms with Gasteiger partial charge in [0, 0.05) is 5.69 Å². The second-order valence-electron chi connectivity index (χ2n) is 6.00. The van der Waals surface area contributed by atoms with Gasteiger partial charge in [-0.1, -0.05) is 18.2 Å². The van der Waals surface area contributed by atoms with Gasteiger partial charge in [0.25, 0.3) is 0 Å². The van der Waals surface area contributed by atoms with Crippen LogP contribution in [0.3, 0.4) is 0 Å². The van der Waals surface area contributed by atoms with Gasteiger partial charge in [-0.15, -0.1) is 0 Å². The van der Waals surface area contributed by atoms with Crippen molar-refractivity contribution in [1.29, 1.82) is 0 Å². The predicted octanol–water partition coefficient (Wildman–Crippen LogP) is 1.78. The highest BCUT2D eigenvalue weighted by Crippen LogP contribution is 2.35. The van der Waals surface area contributed by atoms with Crippen molar-refractivity contribution in [3.8, 4) is 0 Å². The number of hydrogen-bond acceptors (Lipinski definition) is 4. The van der Waals surface area contributed by atoms with E-state index in [-0.39, 0.29) is 12.3 Å². The lowest BCUT2D eigenvalue weighted by Gasteiger charge is -2.23. The van der Waals surface area contributed by atoms with Gasteiger partial charge in [-0.05, 0) is 38.8 Å². The molecule has 0 saturated carbocycles. The molecule has 1 aromatic carbocycles. The van der Waals surface area contributed by atoms with Gasteiger partial charge in [0.15, 0.2) is 0 Å². The Kier molecular flexibility index (Phi) is 3.81. The minimum atomic E-state index is -0.809. The van der Waals surface area contributed by atoms with Gasteiger partial charge < -0.3 is 15.8 Å². The van der Waals surface area contributed by atoms with Crippen molar-refractivity contribution in [2.75, 3.05) is 5.32 Å². The molecule has 2 rings (SSSR count). The zero-order valence-corrected chi connectivity index (χ0v) is 12.0. The summed E-state index contributed by atoms with van der Waals surface area (Å²) >= 11 is 0. The molecule has 0 spiro atoms. The summed E-state index contributed by atoms with van der Waals surface area (Å²) < 4.78 is 5.24. The van der Waals surface area contributed by atoms with Gasteiger partial charge in [-0.3, -0.25) is 9.59 Å². The maximum absolute atomic E-state index is 12.0. The van der Waals surface area contributed by atoms with Crippen LogP contribution in [0.25, 0.3) is 0 Å². The minimum Gasteiger partial charge on any atom is -0.459 e. The van der Waals surface area contributed by atoms with Crippen LogP contribution in [0.4, 0.5) is 5.69 Å². The van der Waals surface area contributed by atoms with Crippen LogP contribution in [-0.4, -0.2) is 23.5 Å². The number of nitrogens with one attached hydrogen (secondary N) is 1. The number of anilines is 1. The van der Waals surface area contributed by atoms with Crippen LogP contribution in [0.5, 0.6) is 0 Å². The molecule has 1 heterocycles. The van der Waals surface area contributed by atoms with E-state index in [9.17, 15) is 9.59 Å². The van der Waals surface area contributed by atoms with Crippen molar-refractivity contribution < 1.29 is 14.3 Å². The third-order valence-corrected chi connectivity index (χ3v) is 3.11. The molecule has 3 N–H and O–H groups in total. The van der Waals surface area contributed by atoms with Crippen molar-refractivity contribution in [2.45, 2.75) is 44.8 Å². The van der Waals surface area contributed by atoms with E-state index in [4.69, 9.17) is 10.5 Å². The van der Waals surface area contributed by atoms with Gasteiger partial charge in [-0.2, -0.15) is 0 Å². The molecule has 0 fully saturated rings. The van der Waals surface area contributed by atoms with Gasteiger partial charge in [0.2, 0.25) is 5.91 Å². The van der Waals surface area contributed by atoms with Crippen LogP contribution in [0.15, 0.2) is 24.3 Å². The Hall–Kier alpha value is -1.88. The number of benzene rings is 1. The topological polar surface area (TPSA) is 81.4 Å². The molecule has 1 aliphatic rings. The van der Waals surface area contributed by atoms with Crippen LogP contribution in [0.2, 0.25) is 0 Å². The van der Waals surface area contributed by atoms with E-state index in [1.807, 2.05) is 24.3 Å². The SMILES string of the molecule is CC(C)(C)OC(=O)[C@@H](N)CC1C(=O)Nc2ccccc21. The Morgan fingerprint density at radius 1 is 1.40 bits per heavy atom. The van der Waals surface area contributed by atoms with Crippen molar-refractivity contribution in [3.05, 3.63) is 29.8 Å². The molecule has 0 aliphatic carbocycles. The average Bonchev–Trinajstić information content (AvgIpc) is 2.64. The van der Waals surface area contributed by atoms with E-state index < -0.39 is 23.5 Å². The number of rotatable bonds is 3. The Bertz CT molecular complexity index is 534. The second kappa shape index (κ2) is 5.25. The second-order valence-corrected chi connectivity index (χ2v) is 6.00. The molecule has 1 aromatic rings. The summed E-state index contributed by atoms with van der Waals surface area (Å²) in [6, 6.07) is 6.63. The molecule has 0 radical (unpaired) electrons. The molecular weight excluding hydrogens is 256 g/mol. The normalized spacial score (nSPS) is 19.2. The van der Waals surface area contributed by atoms with E-state index in [1.54, 1.807) is 20.8 Å². The fourth-order valence-corrected chi connectivity index (χ4v) is 2.24. The molecule has 20 heavy (non-hydrogen) atoms. The van der Waals surface area contributed by atoms with E-state index in [0.29, 0.717) is 0 Å². The lowest BCUT2D eigenvalue weighted by Crippen LogP contribution is -2.39. The first-order chi connectivity index (χ1) is 9.28. The Morgan fingerprint density at radius 2 is 2.05 bits per heavy atom. The van der Waals surface area contributed by atoms with E-state index in [0.717, 1.165) is 11.3 Å². The first kappa shape index (κ1) is 14.5. The third kappa shape index (κ3) is 3.17. The molecule has 2 atom stereocenters. The van der Waals surface area contributed by atoms with Crippen LogP contribution in [0.1, 0.15) is 38.7 Å². The first-order valence-electron chi connectivity index (χ1n) is 6.66. The molecule has 1 aliphatic heterocycles. The number of fused-ring (bicyclic) bond motifs is 1. The molecule has 0 aromatic heterocycles. The van der Waals surface area contributed by atoms with Crippen molar-refractivity contribution >= 4 is 17.6 Å². The van der Waals surface area contributed by atoms with Crippen LogP contribution >= 0.6 is 0 Å². The molecule has 5 heteroatoms. The van der Waals surface area contributed by atoms with E-state index >= 15 is 0 Å². The number of para-hydroxylation sites is 1. The standard InChI is InChI=1S/C15H20N2O3/c1-15(2,3)20-14(19)11(16)8-10-9-6-4-5-7-12(9)17-13(10)18/h4-7,10-11H,8,16H2,1-3H3,(H,17,18)/t10?,11-/m0/s1. The largest absolute Gasteiger partial charge is 0.459 e. The summed E-state index contributed by atoms with van der Waals surface area (Å²) in [6.45, 7) is 5.36. The molecule has 0 saturated heterocycles. The van der Waals surface area contributed by atoms with Crippen LogP contribution in [-0.2, 0) is 14.3 Å². The average molecular weight is 276 g/mol. The number of ether oxygens (including phenoxy) is 1. The maximum atomic E-state index is 12.0. The summed E-state index contributed by atoms with van der Waals surface area (Å²) in [5.74, 6) is -0.992. The molecular formula is C15H20N2O3. The number of carbonyl (C=O) groups excluding carboxylic acids is 2. The summed E-state index contributed by atoms with van der Waals surface area (Å²) in [5.41, 5.74) is 6.97. The van der Waals surface area contributed by atoms with E-state index in [1.165, 1.54) is 0 Å². The quantitative estimate of drug-likeness (QED) is 0.825. The Labute approximate surface area is 118 Å². The summed E-state index contributed by atoms with van der Waals surface area (Å²) in [5, 5.41) is 2.79. The lowest BCUT2D eigenvalue weighted by molar-refractivity contribution is -0.156. The molecule has 5 nitrogen and oxygen atoms in total. The van der Waals surface area contributed by atoms with Crippen LogP contribution < -0.4 is 11.1 Å². The van der Waals surface area contributed by atoms with Crippen LogP contribution in [0, 0.1) is 0 Å². The number of hydrogen-bond donors (Lipinski definition) is 2. The fourth-order valence-electron chi connectivity index (χ4n) is 2.24. The number of nitrogens with two attached hydrogens (primary N) is 1. The summed E-state index contributed by atoms with van der Waals surface area (Å²) in [7, 11) is 0.